The molecule has 0 unspecified atom stereocenters. The second kappa shape index (κ2) is 5.61. The van der Waals surface area contributed by atoms with Crippen LogP contribution in [0.25, 0.3) is 0 Å². The van der Waals surface area contributed by atoms with Crippen molar-refractivity contribution in [3.8, 4) is 0 Å². The number of aromatic nitrogens is 2. The lowest BCUT2D eigenvalue weighted by atomic mass is 9.92. The molecule has 104 valence electrons. The van der Waals surface area contributed by atoms with Gasteiger partial charge in [0.2, 0.25) is 5.95 Å². The van der Waals surface area contributed by atoms with Gasteiger partial charge in [0.25, 0.3) is 0 Å². The van der Waals surface area contributed by atoms with E-state index in [2.05, 4.69) is 19.8 Å². The highest BCUT2D eigenvalue weighted by Gasteiger charge is 2.33. The second-order valence-corrected chi connectivity index (χ2v) is 5.86. The third-order valence-electron chi connectivity index (χ3n) is 4.15. The van der Waals surface area contributed by atoms with Crippen molar-refractivity contribution in [2.24, 2.45) is 5.92 Å². The molecule has 0 aromatic carbocycles. The minimum atomic E-state index is 0.313. The van der Waals surface area contributed by atoms with Crippen molar-refractivity contribution in [1.82, 2.24) is 14.9 Å². The number of piperazine rings is 1. The number of piperidine rings is 1. The molecule has 5 nitrogen and oxygen atoms in total. The summed E-state index contributed by atoms with van der Waals surface area (Å²) in [6.45, 7) is 4.27. The summed E-state index contributed by atoms with van der Waals surface area (Å²) in [4.78, 5) is 13.3. The lowest BCUT2D eigenvalue weighted by Crippen LogP contribution is -2.57. The second-order valence-electron chi connectivity index (χ2n) is 5.42. The van der Waals surface area contributed by atoms with Crippen molar-refractivity contribution in [3.63, 3.8) is 0 Å². The molecule has 3 heterocycles. The Morgan fingerprint density at radius 2 is 2.00 bits per heavy atom. The molecule has 2 atom stereocenters. The molecule has 1 N–H and O–H groups in total. The highest BCUT2D eigenvalue weighted by molar-refractivity contribution is 6.30. The summed E-state index contributed by atoms with van der Waals surface area (Å²) in [5.41, 5.74) is 0. The number of rotatable bonds is 2. The van der Waals surface area contributed by atoms with E-state index in [1.807, 2.05) is 0 Å². The maximum absolute atomic E-state index is 9.27. The van der Waals surface area contributed by atoms with E-state index in [4.69, 9.17) is 11.6 Å². The van der Waals surface area contributed by atoms with Crippen LogP contribution in [0.15, 0.2) is 12.4 Å². The standard InChI is InChI=1S/C13H19ClN4O/c14-11-5-15-13(16-6-11)18-4-3-17-7-10(9-19)1-2-12(17)8-18/h5-6,10,12,19H,1-4,7-9H2/t10-,12-/m0/s1. The van der Waals surface area contributed by atoms with Crippen LogP contribution in [0.4, 0.5) is 5.95 Å². The normalized spacial score (nSPS) is 28.2. The molecular weight excluding hydrogens is 264 g/mol. The minimum absolute atomic E-state index is 0.313. The van der Waals surface area contributed by atoms with E-state index in [1.54, 1.807) is 12.4 Å². The Morgan fingerprint density at radius 3 is 2.74 bits per heavy atom. The van der Waals surface area contributed by atoms with E-state index >= 15 is 0 Å². The molecule has 1 aromatic rings. The zero-order valence-corrected chi connectivity index (χ0v) is 11.6. The number of hydrogen-bond acceptors (Lipinski definition) is 5. The van der Waals surface area contributed by atoms with Gasteiger partial charge < -0.3 is 10.0 Å². The fourth-order valence-electron chi connectivity index (χ4n) is 3.06. The number of fused-ring (bicyclic) bond motifs is 1. The molecule has 0 radical (unpaired) electrons. The maximum Gasteiger partial charge on any atom is 0.225 e. The number of nitrogens with zero attached hydrogens (tertiary/aromatic N) is 4. The first-order valence-corrected chi connectivity index (χ1v) is 7.21. The quantitative estimate of drug-likeness (QED) is 0.878. The van der Waals surface area contributed by atoms with Gasteiger partial charge in [-0.15, -0.1) is 0 Å². The zero-order chi connectivity index (χ0) is 13.2. The van der Waals surface area contributed by atoms with Gasteiger partial charge >= 0.3 is 0 Å². The van der Waals surface area contributed by atoms with E-state index in [0.717, 1.165) is 45.0 Å². The average molecular weight is 283 g/mol. The molecule has 2 saturated heterocycles. The van der Waals surface area contributed by atoms with Crippen molar-refractivity contribution in [2.45, 2.75) is 18.9 Å². The van der Waals surface area contributed by atoms with Crippen LogP contribution in [0, 0.1) is 5.92 Å². The summed E-state index contributed by atoms with van der Waals surface area (Å²) < 4.78 is 0. The average Bonchev–Trinajstić information content (AvgIpc) is 2.47. The fourth-order valence-corrected chi connectivity index (χ4v) is 3.16. The number of hydrogen-bond donors (Lipinski definition) is 1. The molecule has 3 rings (SSSR count). The van der Waals surface area contributed by atoms with E-state index < -0.39 is 0 Å². The first kappa shape index (κ1) is 13.1. The van der Waals surface area contributed by atoms with Gasteiger partial charge in [-0.3, -0.25) is 4.90 Å². The van der Waals surface area contributed by atoms with Crippen molar-refractivity contribution >= 4 is 17.5 Å². The number of halogens is 1. The van der Waals surface area contributed by atoms with E-state index in [0.29, 0.717) is 23.6 Å². The summed E-state index contributed by atoms with van der Waals surface area (Å²) >= 11 is 5.82. The highest BCUT2D eigenvalue weighted by atomic mass is 35.5. The van der Waals surface area contributed by atoms with Gasteiger partial charge in [-0.2, -0.15) is 0 Å². The predicted molar refractivity (Wildman–Crippen MR) is 74.4 cm³/mol. The number of aliphatic hydroxyl groups excluding tert-OH is 1. The molecule has 0 amide bonds. The summed E-state index contributed by atoms with van der Waals surface area (Å²) in [5.74, 6) is 1.22. The van der Waals surface area contributed by atoms with E-state index in [-0.39, 0.29) is 0 Å². The molecule has 2 fully saturated rings. The molecule has 0 spiro atoms. The highest BCUT2D eigenvalue weighted by Crippen LogP contribution is 2.26. The van der Waals surface area contributed by atoms with Crippen molar-refractivity contribution in [2.75, 3.05) is 37.7 Å². The SMILES string of the molecule is OC[C@H]1CC[C@H]2CN(c3ncc(Cl)cn3)CCN2C1. The molecule has 6 heteroatoms. The molecule has 0 bridgehead atoms. The summed E-state index contributed by atoms with van der Waals surface area (Å²) in [6.07, 6.45) is 5.57. The van der Waals surface area contributed by atoms with Crippen LogP contribution < -0.4 is 4.90 Å². The van der Waals surface area contributed by atoms with Gasteiger partial charge in [-0.25, -0.2) is 9.97 Å². The molecule has 0 aliphatic carbocycles. The van der Waals surface area contributed by atoms with Gasteiger partial charge in [0.1, 0.15) is 0 Å². The Hall–Kier alpha value is -0.910. The van der Waals surface area contributed by atoms with Crippen LogP contribution in [-0.4, -0.2) is 58.8 Å². The topological polar surface area (TPSA) is 52.5 Å². The van der Waals surface area contributed by atoms with Crippen LogP contribution in [0.3, 0.4) is 0 Å². The first-order chi connectivity index (χ1) is 9.26. The van der Waals surface area contributed by atoms with E-state index in [1.165, 1.54) is 0 Å². The van der Waals surface area contributed by atoms with Crippen molar-refractivity contribution in [3.05, 3.63) is 17.4 Å². The number of aliphatic hydroxyl groups is 1. The number of anilines is 1. The lowest BCUT2D eigenvalue weighted by Gasteiger charge is -2.46. The summed E-state index contributed by atoms with van der Waals surface area (Å²) in [6, 6.07) is 0.566. The van der Waals surface area contributed by atoms with E-state index in [9.17, 15) is 5.11 Å². The molecule has 2 aliphatic heterocycles. The Morgan fingerprint density at radius 1 is 1.21 bits per heavy atom. The Labute approximate surface area is 118 Å². The summed E-state index contributed by atoms with van der Waals surface area (Å²) in [5, 5.41) is 9.84. The first-order valence-electron chi connectivity index (χ1n) is 6.83. The molecule has 19 heavy (non-hydrogen) atoms. The van der Waals surface area contributed by atoms with Crippen LogP contribution >= 0.6 is 11.6 Å². The van der Waals surface area contributed by atoms with Crippen LogP contribution in [0.2, 0.25) is 5.02 Å². The van der Waals surface area contributed by atoms with Crippen molar-refractivity contribution < 1.29 is 5.11 Å². The molecule has 2 aliphatic rings. The van der Waals surface area contributed by atoms with Crippen LogP contribution in [0.5, 0.6) is 0 Å². The Bertz CT molecular complexity index is 427. The molecular formula is C13H19ClN4O. The van der Waals surface area contributed by atoms with Gasteiger partial charge in [-0.05, 0) is 18.8 Å². The third kappa shape index (κ3) is 2.83. The van der Waals surface area contributed by atoms with Gasteiger partial charge in [-0.1, -0.05) is 11.6 Å². The minimum Gasteiger partial charge on any atom is -0.396 e. The van der Waals surface area contributed by atoms with Gasteiger partial charge in [0.15, 0.2) is 0 Å². The van der Waals surface area contributed by atoms with Gasteiger partial charge in [0.05, 0.1) is 17.4 Å². The van der Waals surface area contributed by atoms with Crippen LogP contribution in [-0.2, 0) is 0 Å². The lowest BCUT2D eigenvalue weighted by molar-refractivity contribution is 0.0670. The fraction of sp³-hybridized carbons (Fsp3) is 0.692. The zero-order valence-electron chi connectivity index (χ0n) is 10.9. The smallest absolute Gasteiger partial charge is 0.225 e. The van der Waals surface area contributed by atoms with Crippen LogP contribution in [0.1, 0.15) is 12.8 Å². The molecule has 1 aromatic heterocycles. The Kier molecular flexibility index (Phi) is 3.86. The van der Waals surface area contributed by atoms with Gasteiger partial charge in [0, 0.05) is 38.8 Å². The maximum atomic E-state index is 9.27. The third-order valence-corrected chi connectivity index (χ3v) is 4.35. The molecule has 0 saturated carbocycles. The summed E-state index contributed by atoms with van der Waals surface area (Å²) in [7, 11) is 0. The largest absolute Gasteiger partial charge is 0.396 e. The monoisotopic (exact) mass is 282 g/mol. The Balaban J connectivity index is 1.65. The predicted octanol–water partition coefficient (Wildman–Crippen LogP) is 1.02. The van der Waals surface area contributed by atoms with Crippen molar-refractivity contribution in [1.29, 1.82) is 0 Å².